The Balaban J connectivity index is 1.76. The highest BCUT2D eigenvalue weighted by Gasteiger charge is 2.28. The van der Waals surface area contributed by atoms with Crippen molar-refractivity contribution in [3.05, 3.63) is 63.7 Å². The van der Waals surface area contributed by atoms with Gasteiger partial charge in [0.2, 0.25) is 10.0 Å². The fourth-order valence-corrected chi connectivity index (χ4v) is 3.73. The first-order chi connectivity index (χ1) is 12.3. The molecule has 0 spiro atoms. The minimum absolute atomic E-state index is 0.000165. The van der Waals surface area contributed by atoms with Gasteiger partial charge in [-0.25, -0.2) is 13.1 Å². The zero-order chi connectivity index (χ0) is 18.9. The number of hydrogen-bond donors (Lipinski definition) is 2. The number of benzene rings is 2. The van der Waals surface area contributed by atoms with Crippen LogP contribution < -0.4 is 10.0 Å². The van der Waals surface area contributed by atoms with E-state index in [1.165, 1.54) is 36.4 Å². The van der Waals surface area contributed by atoms with Crippen LogP contribution in [0.1, 0.15) is 28.8 Å². The number of amides is 1. The normalized spacial score (nSPS) is 14.0. The monoisotopic (exact) mass is 375 g/mol. The summed E-state index contributed by atoms with van der Waals surface area (Å²) in [4.78, 5) is 22.9. The van der Waals surface area contributed by atoms with Gasteiger partial charge in [0.1, 0.15) is 0 Å². The summed E-state index contributed by atoms with van der Waals surface area (Å²) in [7, 11) is -3.58. The second kappa shape index (κ2) is 6.85. The molecule has 1 aliphatic carbocycles. The molecule has 0 heterocycles. The molecule has 1 saturated carbocycles. The molecule has 2 aromatic rings. The van der Waals surface area contributed by atoms with E-state index in [1.54, 1.807) is 13.0 Å². The molecule has 2 N–H and O–H groups in total. The predicted octanol–water partition coefficient (Wildman–Crippen LogP) is 2.60. The van der Waals surface area contributed by atoms with Gasteiger partial charge in [-0.15, -0.1) is 0 Å². The number of nitrogens with one attached hydrogen (secondary N) is 2. The summed E-state index contributed by atoms with van der Waals surface area (Å²) >= 11 is 0. The topological polar surface area (TPSA) is 118 Å². The Labute approximate surface area is 150 Å². The highest BCUT2D eigenvalue weighted by molar-refractivity contribution is 7.89. The quantitative estimate of drug-likeness (QED) is 0.594. The summed E-state index contributed by atoms with van der Waals surface area (Å²) in [5, 5.41) is 13.6. The molecule has 26 heavy (non-hydrogen) atoms. The molecule has 0 unspecified atom stereocenters. The van der Waals surface area contributed by atoms with Crippen LogP contribution in [-0.2, 0) is 10.0 Å². The largest absolute Gasteiger partial charge is 0.321 e. The van der Waals surface area contributed by atoms with Gasteiger partial charge in [-0.3, -0.25) is 14.9 Å². The van der Waals surface area contributed by atoms with E-state index in [0.29, 0.717) is 11.3 Å². The number of carbonyl (C=O) groups is 1. The Bertz CT molecular complexity index is 966. The van der Waals surface area contributed by atoms with E-state index in [-0.39, 0.29) is 22.2 Å². The van der Waals surface area contributed by atoms with Gasteiger partial charge in [-0.1, -0.05) is 6.07 Å². The van der Waals surface area contributed by atoms with Gasteiger partial charge in [-0.2, -0.15) is 0 Å². The third-order valence-electron chi connectivity index (χ3n) is 4.08. The molecule has 0 radical (unpaired) electrons. The zero-order valence-corrected chi connectivity index (χ0v) is 14.7. The number of anilines is 1. The van der Waals surface area contributed by atoms with Crippen LogP contribution in [0.5, 0.6) is 0 Å². The number of carbonyl (C=O) groups excluding carboxylic acids is 1. The van der Waals surface area contributed by atoms with Gasteiger partial charge < -0.3 is 5.32 Å². The van der Waals surface area contributed by atoms with E-state index < -0.39 is 20.9 Å². The van der Waals surface area contributed by atoms with Crippen molar-refractivity contribution in [2.45, 2.75) is 30.7 Å². The van der Waals surface area contributed by atoms with Crippen molar-refractivity contribution in [3.8, 4) is 0 Å². The van der Waals surface area contributed by atoms with Crippen LogP contribution >= 0.6 is 0 Å². The summed E-state index contributed by atoms with van der Waals surface area (Å²) in [5.74, 6) is -0.479. The second-order valence-corrected chi connectivity index (χ2v) is 7.79. The number of nitrogens with zero attached hydrogens (tertiary/aromatic N) is 1. The van der Waals surface area contributed by atoms with Crippen LogP contribution in [0, 0.1) is 17.0 Å². The van der Waals surface area contributed by atoms with Crippen LogP contribution in [0.4, 0.5) is 11.4 Å². The van der Waals surface area contributed by atoms with Crippen LogP contribution in [0.25, 0.3) is 0 Å². The Kier molecular flexibility index (Phi) is 4.75. The molecule has 0 atom stereocenters. The Morgan fingerprint density at radius 1 is 1.15 bits per heavy atom. The van der Waals surface area contributed by atoms with E-state index in [4.69, 9.17) is 0 Å². The van der Waals surface area contributed by atoms with Gasteiger partial charge in [0, 0.05) is 17.7 Å². The first-order valence-electron chi connectivity index (χ1n) is 7.96. The maximum Gasteiger partial charge on any atom is 0.274 e. The first-order valence-corrected chi connectivity index (χ1v) is 9.44. The van der Waals surface area contributed by atoms with Crippen LogP contribution in [0.3, 0.4) is 0 Å². The van der Waals surface area contributed by atoms with Gasteiger partial charge in [-0.05, 0) is 50.1 Å². The van der Waals surface area contributed by atoms with E-state index in [2.05, 4.69) is 10.0 Å². The minimum Gasteiger partial charge on any atom is -0.321 e. The highest BCUT2D eigenvalue weighted by Crippen LogP contribution is 2.26. The van der Waals surface area contributed by atoms with E-state index in [9.17, 15) is 23.3 Å². The van der Waals surface area contributed by atoms with Gasteiger partial charge in [0.15, 0.2) is 0 Å². The number of rotatable bonds is 6. The zero-order valence-electron chi connectivity index (χ0n) is 13.9. The molecular weight excluding hydrogens is 358 g/mol. The molecule has 0 aliphatic heterocycles. The molecule has 1 fully saturated rings. The summed E-state index contributed by atoms with van der Waals surface area (Å²) in [6.07, 6.45) is 1.67. The highest BCUT2D eigenvalue weighted by atomic mass is 32.2. The molecule has 2 aromatic carbocycles. The summed E-state index contributed by atoms with van der Waals surface area (Å²) in [6, 6.07) is 9.95. The van der Waals surface area contributed by atoms with Crippen molar-refractivity contribution in [2.24, 2.45) is 0 Å². The van der Waals surface area contributed by atoms with Crippen LogP contribution in [0.2, 0.25) is 0 Å². The van der Waals surface area contributed by atoms with Crippen molar-refractivity contribution < 1.29 is 18.1 Å². The van der Waals surface area contributed by atoms with Crippen molar-refractivity contribution in [3.63, 3.8) is 0 Å². The molecule has 3 rings (SSSR count). The molecule has 0 saturated heterocycles. The Morgan fingerprint density at radius 3 is 2.38 bits per heavy atom. The van der Waals surface area contributed by atoms with E-state index in [0.717, 1.165) is 12.8 Å². The lowest BCUT2D eigenvalue weighted by molar-refractivity contribution is -0.385. The lowest BCUT2D eigenvalue weighted by atomic mass is 10.1. The third-order valence-corrected chi connectivity index (χ3v) is 5.61. The van der Waals surface area contributed by atoms with Gasteiger partial charge in [0.25, 0.3) is 11.6 Å². The number of nitro groups is 1. The standard InChI is InChI=1S/C17H17N3O5S/c1-11-15(3-2-4-16(11)20(22)23)18-17(21)12-5-9-14(10-6-12)26(24,25)19-13-7-8-13/h2-6,9-10,13,19H,7-8H2,1H3,(H,18,21). The van der Waals surface area contributed by atoms with Crippen molar-refractivity contribution in [1.29, 1.82) is 0 Å². The maximum atomic E-state index is 12.4. The third kappa shape index (κ3) is 3.89. The fourth-order valence-electron chi connectivity index (χ4n) is 2.43. The van der Waals surface area contributed by atoms with Crippen molar-refractivity contribution in [1.82, 2.24) is 4.72 Å². The predicted molar refractivity (Wildman–Crippen MR) is 95.6 cm³/mol. The molecular formula is C17H17N3O5S. The Morgan fingerprint density at radius 2 is 1.81 bits per heavy atom. The summed E-state index contributed by atoms with van der Waals surface area (Å²) in [5.41, 5.74) is 0.839. The van der Waals surface area contributed by atoms with Crippen LogP contribution in [-0.4, -0.2) is 25.3 Å². The molecule has 0 bridgehead atoms. The average Bonchev–Trinajstić information content (AvgIpc) is 3.40. The van der Waals surface area contributed by atoms with E-state index in [1.807, 2.05) is 0 Å². The minimum atomic E-state index is -3.58. The number of nitro benzene ring substituents is 1. The Hall–Kier alpha value is -2.78. The molecule has 1 amide bonds. The number of sulfonamides is 1. The smallest absolute Gasteiger partial charge is 0.274 e. The first kappa shape index (κ1) is 18.0. The lowest BCUT2D eigenvalue weighted by Crippen LogP contribution is -2.25. The molecule has 8 nitrogen and oxygen atoms in total. The van der Waals surface area contributed by atoms with Crippen LogP contribution in [0.15, 0.2) is 47.4 Å². The van der Waals surface area contributed by atoms with E-state index >= 15 is 0 Å². The van der Waals surface area contributed by atoms with Gasteiger partial charge >= 0.3 is 0 Å². The SMILES string of the molecule is Cc1c(NC(=O)c2ccc(S(=O)(=O)NC3CC3)cc2)cccc1[N+](=O)[O-]. The lowest BCUT2D eigenvalue weighted by Gasteiger charge is -2.09. The molecule has 1 aliphatic rings. The fraction of sp³-hybridized carbons (Fsp3) is 0.235. The summed E-state index contributed by atoms with van der Waals surface area (Å²) < 4.78 is 26.8. The second-order valence-electron chi connectivity index (χ2n) is 6.08. The molecule has 9 heteroatoms. The molecule has 0 aromatic heterocycles. The molecule has 136 valence electrons. The number of hydrogen-bond acceptors (Lipinski definition) is 5. The van der Waals surface area contributed by atoms with Gasteiger partial charge in [0.05, 0.1) is 21.1 Å². The van der Waals surface area contributed by atoms with Crippen molar-refractivity contribution >= 4 is 27.3 Å². The maximum absolute atomic E-state index is 12.4. The average molecular weight is 375 g/mol. The van der Waals surface area contributed by atoms with Crippen molar-refractivity contribution in [2.75, 3.05) is 5.32 Å². The summed E-state index contributed by atoms with van der Waals surface area (Å²) in [6.45, 7) is 1.55.